The summed E-state index contributed by atoms with van der Waals surface area (Å²) in [6.45, 7) is 0.742. The monoisotopic (exact) mass is 402 g/mol. The molecule has 4 rings (SSSR count). The summed E-state index contributed by atoms with van der Waals surface area (Å²) in [6, 6.07) is 13.3. The number of halogens is 2. The van der Waals surface area contributed by atoms with Gasteiger partial charge in [0.2, 0.25) is 10.9 Å². The maximum Gasteiger partial charge on any atom is 0.214 e. The number of benzene rings is 2. The molecular formula is C19H16F2N4O2S. The fourth-order valence-electron chi connectivity index (χ4n) is 3.27. The number of hydrogen-bond donors (Lipinski definition) is 3. The number of fused-ring (bicyclic) bond motifs is 3. The van der Waals surface area contributed by atoms with E-state index < -0.39 is 22.5 Å². The van der Waals surface area contributed by atoms with E-state index in [0.29, 0.717) is 29.5 Å². The fraction of sp³-hybridized carbons (Fsp3) is 0.105. The highest BCUT2D eigenvalue weighted by atomic mass is 32.2. The zero-order chi connectivity index (χ0) is 19.7. The Balaban J connectivity index is 1.69. The van der Waals surface area contributed by atoms with Crippen LogP contribution in [0.4, 0.5) is 8.78 Å². The predicted octanol–water partition coefficient (Wildman–Crippen LogP) is 2.64. The van der Waals surface area contributed by atoms with Gasteiger partial charge in [-0.15, -0.1) is 0 Å². The van der Waals surface area contributed by atoms with Crippen LogP contribution in [-0.2, 0) is 24.0 Å². The van der Waals surface area contributed by atoms with Crippen LogP contribution in [0.5, 0.6) is 0 Å². The highest BCUT2D eigenvalue weighted by molar-refractivity contribution is 7.70. The number of aromatic nitrogens is 2. The topological polar surface area (TPSA) is 76.0 Å². The number of hydrogen-bond acceptors (Lipinski definition) is 4. The second kappa shape index (κ2) is 7.63. The van der Waals surface area contributed by atoms with E-state index in [-0.39, 0.29) is 0 Å². The third-order valence-electron chi connectivity index (χ3n) is 4.47. The first-order valence-electron chi connectivity index (χ1n) is 8.45. The average molecular weight is 402 g/mol. The summed E-state index contributed by atoms with van der Waals surface area (Å²) in [7, 11) is -2.70. The first-order chi connectivity index (χ1) is 13.5. The molecule has 0 unspecified atom stereocenters. The standard InChI is InChI=1S/C19H16F2N4O2S/c20-14-8-15(21)18-17(9-14)25(16-2-1-7-22-19(16)18)11-13-5-3-12(4-6-13)10-23-24-28(26)27/h1-9,23,28H,10-11H2,(H,24,26,27). The van der Waals surface area contributed by atoms with Crippen molar-refractivity contribution >= 4 is 32.8 Å². The molecular weight excluding hydrogens is 386 g/mol. The van der Waals surface area contributed by atoms with Gasteiger partial charge in [-0.25, -0.2) is 22.6 Å². The van der Waals surface area contributed by atoms with Crippen molar-refractivity contribution in [3.8, 4) is 0 Å². The summed E-state index contributed by atoms with van der Waals surface area (Å²) in [5.74, 6) is -1.28. The van der Waals surface area contributed by atoms with Gasteiger partial charge < -0.3 is 4.57 Å². The summed E-state index contributed by atoms with van der Waals surface area (Å²) in [5.41, 5.74) is 6.05. The first kappa shape index (κ1) is 18.5. The maximum absolute atomic E-state index is 14.4. The lowest BCUT2D eigenvalue weighted by atomic mass is 10.1. The Labute approximate surface area is 160 Å². The SMILES string of the molecule is O=[SH](=O)NNCc1ccc(Cn2c3cccnc3c3c(F)cc(F)cc32)cc1. The molecule has 0 saturated carbocycles. The molecule has 0 atom stereocenters. The zero-order valence-corrected chi connectivity index (χ0v) is 15.4. The summed E-state index contributed by atoms with van der Waals surface area (Å²) < 4.78 is 51.1. The average Bonchev–Trinajstić information content (AvgIpc) is 2.97. The summed E-state index contributed by atoms with van der Waals surface area (Å²) in [6.07, 6.45) is 1.58. The van der Waals surface area contributed by atoms with Crippen molar-refractivity contribution in [3.05, 3.63) is 77.5 Å². The third kappa shape index (κ3) is 3.59. The van der Waals surface area contributed by atoms with Crippen molar-refractivity contribution in [2.45, 2.75) is 13.1 Å². The van der Waals surface area contributed by atoms with E-state index in [9.17, 15) is 17.2 Å². The van der Waals surface area contributed by atoms with Gasteiger partial charge in [0.1, 0.15) is 11.6 Å². The molecule has 2 aromatic heterocycles. The van der Waals surface area contributed by atoms with Gasteiger partial charge in [-0.05, 0) is 29.3 Å². The Morgan fingerprint density at radius 1 is 1.00 bits per heavy atom. The van der Waals surface area contributed by atoms with Crippen LogP contribution in [0.25, 0.3) is 21.9 Å². The minimum absolute atomic E-state index is 0.301. The summed E-state index contributed by atoms with van der Waals surface area (Å²) >= 11 is 0. The molecule has 2 aromatic carbocycles. The highest BCUT2D eigenvalue weighted by Crippen LogP contribution is 2.31. The van der Waals surface area contributed by atoms with E-state index in [1.165, 1.54) is 6.07 Å². The number of thiol groups is 1. The molecule has 28 heavy (non-hydrogen) atoms. The molecule has 0 aliphatic rings. The molecule has 4 aromatic rings. The van der Waals surface area contributed by atoms with Crippen LogP contribution in [0.15, 0.2) is 54.7 Å². The van der Waals surface area contributed by atoms with Crippen molar-refractivity contribution in [1.29, 1.82) is 0 Å². The van der Waals surface area contributed by atoms with Gasteiger partial charge in [-0.1, -0.05) is 24.3 Å². The molecule has 0 aliphatic carbocycles. The van der Waals surface area contributed by atoms with Gasteiger partial charge >= 0.3 is 0 Å². The summed E-state index contributed by atoms with van der Waals surface area (Å²) in [4.78, 5) is 6.39. The zero-order valence-electron chi connectivity index (χ0n) is 14.5. The summed E-state index contributed by atoms with van der Waals surface area (Å²) in [5, 5.41) is 0.301. The molecule has 0 saturated heterocycles. The van der Waals surface area contributed by atoms with Crippen molar-refractivity contribution in [2.75, 3.05) is 0 Å². The second-order valence-corrected chi connectivity index (χ2v) is 7.02. The molecule has 6 nitrogen and oxygen atoms in total. The normalized spacial score (nSPS) is 11.7. The molecule has 0 radical (unpaired) electrons. The van der Waals surface area contributed by atoms with Crippen LogP contribution in [0.2, 0.25) is 0 Å². The molecule has 0 amide bonds. The minimum atomic E-state index is -2.70. The van der Waals surface area contributed by atoms with Gasteiger partial charge in [-0.3, -0.25) is 4.98 Å². The molecule has 2 N–H and O–H groups in total. The lowest BCUT2D eigenvalue weighted by molar-refractivity contribution is 0.574. The quantitative estimate of drug-likeness (QED) is 0.342. The van der Waals surface area contributed by atoms with Crippen LogP contribution < -0.4 is 10.3 Å². The van der Waals surface area contributed by atoms with Gasteiger partial charge in [-0.2, -0.15) is 4.83 Å². The second-order valence-electron chi connectivity index (χ2n) is 6.28. The molecule has 0 bridgehead atoms. The molecule has 0 fully saturated rings. The van der Waals surface area contributed by atoms with Crippen LogP contribution in [0, 0.1) is 11.6 Å². The number of hydrazine groups is 1. The van der Waals surface area contributed by atoms with E-state index in [2.05, 4.69) is 15.2 Å². The van der Waals surface area contributed by atoms with Crippen LogP contribution in [0.1, 0.15) is 11.1 Å². The molecule has 0 spiro atoms. The number of nitrogens with zero attached hydrogens (tertiary/aromatic N) is 2. The Bertz CT molecular complexity index is 1230. The Morgan fingerprint density at radius 3 is 2.50 bits per heavy atom. The number of nitrogens with one attached hydrogen (secondary N) is 2. The molecule has 144 valence electrons. The molecule has 0 aliphatic heterocycles. The van der Waals surface area contributed by atoms with E-state index in [1.807, 2.05) is 34.9 Å². The first-order valence-corrected chi connectivity index (χ1v) is 9.63. The molecule has 9 heteroatoms. The van der Waals surface area contributed by atoms with Crippen LogP contribution in [-0.4, -0.2) is 18.0 Å². The van der Waals surface area contributed by atoms with Crippen LogP contribution in [0.3, 0.4) is 0 Å². The Kier molecular flexibility index (Phi) is 5.03. The fourth-order valence-corrected chi connectivity index (χ4v) is 3.47. The van der Waals surface area contributed by atoms with Gasteiger partial charge in [0.15, 0.2) is 0 Å². The van der Waals surface area contributed by atoms with Crippen molar-refractivity contribution in [3.63, 3.8) is 0 Å². The van der Waals surface area contributed by atoms with Gasteiger partial charge in [0.05, 0.1) is 21.9 Å². The van der Waals surface area contributed by atoms with Gasteiger partial charge in [0, 0.05) is 25.4 Å². The van der Waals surface area contributed by atoms with E-state index in [0.717, 1.165) is 22.7 Å². The smallest absolute Gasteiger partial charge is 0.214 e. The van der Waals surface area contributed by atoms with Crippen molar-refractivity contribution < 1.29 is 17.2 Å². The maximum atomic E-state index is 14.4. The lowest BCUT2D eigenvalue weighted by Gasteiger charge is -2.09. The Morgan fingerprint density at radius 2 is 1.75 bits per heavy atom. The van der Waals surface area contributed by atoms with Crippen molar-refractivity contribution in [1.82, 2.24) is 19.8 Å². The van der Waals surface area contributed by atoms with E-state index >= 15 is 0 Å². The Hall–Kier alpha value is -2.88. The third-order valence-corrected chi connectivity index (χ3v) is 4.81. The van der Waals surface area contributed by atoms with Crippen LogP contribution >= 0.6 is 0 Å². The van der Waals surface area contributed by atoms with E-state index in [1.54, 1.807) is 12.3 Å². The highest BCUT2D eigenvalue weighted by Gasteiger charge is 2.16. The minimum Gasteiger partial charge on any atom is -0.334 e. The number of rotatable bonds is 6. The van der Waals surface area contributed by atoms with E-state index in [4.69, 9.17) is 0 Å². The predicted molar refractivity (Wildman–Crippen MR) is 103 cm³/mol. The number of pyridine rings is 1. The van der Waals surface area contributed by atoms with Crippen molar-refractivity contribution in [2.24, 2.45) is 0 Å². The molecule has 2 heterocycles. The van der Waals surface area contributed by atoms with Gasteiger partial charge in [0.25, 0.3) is 0 Å². The lowest BCUT2D eigenvalue weighted by Crippen LogP contribution is -2.29. The largest absolute Gasteiger partial charge is 0.334 e.